The van der Waals surface area contributed by atoms with Crippen molar-refractivity contribution >= 4 is 11.8 Å². The van der Waals surface area contributed by atoms with Crippen LogP contribution in [0, 0.1) is 11.7 Å². The smallest absolute Gasteiger partial charge is 0.313 e. The number of benzene rings is 2. The van der Waals surface area contributed by atoms with Gasteiger partial charge in [-0.1, -0.05) is 42.0 Å². The fourth-order valence-corrected chi connectivity index (χ4v) is 4.08. The van der Waals surface area contributed by atoms with Crippen LogP contribution in [0.2, 0.25) is 0 Å². The third-order valence-corrected chi connectivity index (χ3v) is 5.85. The van der Waals surface area contributed by atoms with Gasteiger partial charge in [-0.3, -0.25) is 9.59 Å². The van der Waals surface area contributed by atoms with Crippen LogP contribution in [0.1, 0.15) is 36.5 Å². The molecule has 0 aromatic heterocycles. The second-order valence-corrected chi connectivity index (χ2v) is 8.29. The summed E-state index contributed by atoms with van der Waals surface area (Å²) < 4.78 is 18.7. The Morgan fingerprint density at radius 1 is 1.15 bits per heavy atom. The number of aliphatic hydroxyl groups is 1. The summed E-state index contributed by atoms with van der Waals surface area (Å²) in [5.74, 6) is -2.96. The maximum Gasteiger partial charge on any atom is 0.313 e. The maximum absolute atomic E-state index is 13.3. The van der Waals surface area contributed by atoms with Crippen LogP contribution in [0.4, 0.5) is 4.39 Å². The van der Waals surface area contributed by atoms with E-state index >= 15 is 0 Å². The Bertz CT molecular complexity index is 1130. The molecule has 2 N–H and O–H groups in total. The SMILES string of the molecule is C=C(C)CCC1=C(OC)C=CC(C(=O)O)C1(O)CC(=O)c1cccc(-c2ccc(F)cc2)c1. The second kappa shape index (κ2) is 9.96. The highest BCUT2D eigenvalue weighted by Gasteiger charge is 2.48. The molecule has 0 bridgehead atoms. The first kappa shape index (κ1) is 24.1. The van der Waals surface area contributed by atoms with Gasteiger partial charge in [0.05, 0.1) is 7.11 Å². The number of carbonyl (C=O) groups is 2. The predicted molar refractivity (Wildman–Crippen MR) is 124 cm³/mol. The number of ketones is 1. The van der Waals surface area contributed by atoms with E-state index in [2.05, 4.69) is 6.58 Å². The number of allylic oxidation sites excluding steroid dienone is 2. The van der Waals surface area contributed by atoms with Gasteiger partial charge in [-0.15, -0.1) is 6.58 Å². The predicted octanol–water partition coefficient (Wildman–Crippen LogP) is 5.32. The van der Waals surface area contributed by atoms with Gasteiger partial charge in [0.15, 0.2) is 5.78 Å². The van der Waals surface area contributed by atoms with Crippen molar-refractivity contribution in [1.29, 1.82) is 0 Å². The van der Waals surface area contributed by atoms with Crippen LogP contribution in [0.5, 0.6) is 0 Å². The van der Waals surface area contributed by atoms with E-state index in [1.165, 1.54) is 31.4 Å². The number of rotatable bonds is 9. The third-order valence-electron chi connectivity index (χ3n) is 5.85. The largest absolute Gasteiger partial charge is 0.497 e. The summed E-state index contributed by atoms with van der Waals surface area (Å²) in [6, 6.07) is 12.7. The van der Waals surface area contributed by atoms with Crippen molar-refractivity contribution in [2.75, 3.05) is 7.11 Å². The molecule has 2 aromatic rings. The molecule has 0 saturated carbocycles. The number of ether oxygens (including phenoxy) is 1. The van der Waals surface area contributed by atoms with Gasteiger partial charge in [-0.05, 0) is 55.2 Å². The van der Waals surface area contributed by atoms with Gasteiger partial charge in [0.2, 0.25) is 0 Å². The number of carboxylic acid groups (broad SMARTS) is 1. The Morgan fingerprint density at radius 2 is 1.85 bits per heavy atom. The minimum atomic E-state index is -1.95. The average molecular weight is 451 g/mol. The molecule has 6 heteroatoms. The van der Waals surface area contributed by atoms with Crippen molar-refractivity contribution in [3.63, 3.8) is 0 Å². The number of methoxy groups -OCH3 is 1. The van der Waals surface area contributed by atoms with E-state index in [0.29, 0.717) is 35.3 Å². The molecule has 2 unspecified atom stereocenters. The topological polar surface area (TPSA) is 83.8 Å². The number of hydrogen-bond donors (Lipinski definition) is 2. The van der Waals surface area contributed by atoms with Crippen molar-refractivity contribution in [1.82, 2.24) is 0 Å². The van der Waals surface area contributed by atoms with Gasteiger partial charge >= 0.3 is 5.97 Å². The van der Waals surface area contributed by atoms with Crippen LogP contribution >= 0.6 is 0 Å². The van der Waals surface area contributed by atoms with Crippen LogP contribution in [-0.2, 0) is 9.53 Å². The average Bonchev–Trinajstić information content (AvgIpc) is 2.78. The van der Waals surface area contributed by atoms with Gasteiger partial charge in [-0.2, -0.15) is 0 Å². The monoisotopic (exact) mass is 450 g/mol. The lowest BCUT2D eigenvalue weighted by Crippen LogP contribution is -2.47. The van der Waals surface area contributed by atoms with Crippen molar-refractivity contribution in [3.8, 4) is 11.1 Å². The van der Waals surface area contributed by atoms with Crippen molar-refractivity contribution < 1.29 is 28.9 Å². The summed E-state index contributed by atoms with van der Waals surface area (Å²) >= 11 is 0. The molecule has 0 heterocycles. The summed E-state index contributed by atoms with van der Waals surface area (Å²) in [6.45, 7) is 5.71. The van der Waals surface area contributed by atoms with Crippen LogP contribution in [-0.4, -0.2) is 34.7 Å². The number of halogens is 1. The minimum Gasteiger partial charge on any atom is -0.497 e. The quantitative estimate of drug-likeness (QED) is 0.399. The second-order valence-electron chi connectivity index (χ2n) is 8.29. The summed E-state index contributed by atoms with van der Waals surface area (Å²) in [7, 11) is 1.44. The molecule has 2 atom stereocenters. The van der Waals surface area contributed by atoms with Crippen molar-refractivity contribution in [3.05, 3.63) is 95.5 Å². The van der Waals surface area contributed by atoms with Gasteiger partial charge < -0.3 is 14.9 Å². The van der Waals surface area contributed by atoms with E-state index in [1.807, 2.05) is 6.92 Å². The highest BCUT2D eigenvalue weighted by atomic mass is 19.1. The molecule has 0 saturated heterocycles. The van der Waals surface area contributed by atoms with Gasteiger partial charge in [0.1, 0.15) is 23.1 Å². The Hall–Kier alpha value is -3.51. The highest BCUT2D eigenvalue weighted by molar-refractivity contribution is 5.98. The zero-order valence-electron chi connectivity index (χ0n) is 18.7. The normalized spacial score (nSPS) is 19.9. The molecule has 1 aliphatic carbocycles. The van der Waals surface area contributed by atoms with Crippen molar-refractivity contribution in [2.24, 2.45) is 5.92 Å². The molecular weight excluding hydrogens is 423 g/mol. The van der Waals surface area contributed by atoms with E-state index < -0.39 is 29.7 Å². The fourth-order valence-electron chi connectivity index (χ4n) is 4.08. The fraction of sp³-hybridized carbons (Fsp3) is 0.259. The highest BCUT2D eigenvalue weighted by Crippen LogP contribution is 2.41. The first-order valence-corrected chi connectivity index (χ1v) is 10.6. The lowest BCUT2D eigenvalue weighted by molar-refractivity contribution is -0.146. The molecule has 0 aliphatic heterocycles. The Kier molecular flexibility index (Phi) is 7.29. The molecule has 2 aromatic carbocycles. The summed E-state index contributed by atoms with van der Waals surface area (Å²) in [5.41, 5.74) is 1.04. The standard InChI is InChI=1S/C27H27FO5/c1-17(2)7-12-22-25(33-3)14-13-23(26(30)31)27(22,32)16-24(29)20-6-4-5-19(15-20)18-8-10-21(28)11-9-18/h4-6,8-11,13-15,23,32H,1,7,12,16H2,2-3H3,(H,30,31). The summed E-state index contributed by atoms with van der Waals surface area (Å²) in [4.78, 5) is 25.3. The number of Topliss-reactive ketones (excluding diaryl/α,β-unsaturated/α-hetero) is 1. The van der Waals surface area contributed by atoms with E-state index in [1.54, 1.807) is 36.4 Å². The summed E-state index contributed by atoms with van der Waals surface area (Å²) in [6.07, 6.45) is 3.28. The minimum absolute atomic E-state index is 0.312. The molecule has 172 valence electrons. The zero-order valence-corrected chi connectivity index (χ0v) is 18.7. The number of hydrogen-bond acceptors (Lipinski definition) is 4. The van der Waals surface area contributed by atoms with Gasteiger partial charge in [-0.25, -0.2) is 4.39 Å². The number of carboxylic acids is 1. The van der Waals surface area contributed by atoms with E-state index in [-0.39, 0.29) is 5.82 Å². The maximum atomic E-state index is 13.3. The lowest BCUT2D eigenvalue weighted by Gasteiger charge is -2.37. The van der Waals surface area contributed by atoms with Gasteiger partial charge in [0, 0.05) is 17.6 Å². The first-order chi connectivity index (χ1) is 15.7. The Labute approximate surface area is 192 Å². The summed E-state index contributed by atoms with van der Waals surface area (Å²) in [5, 5.41) is 21.5. The van der Waals surface area contributed by atoms with Crippen LogP contribution < -0.4 is 0 Å². The van der Waals surface area contributed by atoms with E-state index in [4.69, 9.17) is 4.74 Å². The number of carbonyl (C=O) groups excluding carboxylic acids is 1. The molecule has 33 heavy (non-hydrogen) atoms. The lowest BCUT2D eigenvalue weighted by atomic mass is 9.71. The van der Waals surface area contributed by atoms with E-state index in [0.717, 1.165) is 11.1 Å². The van der Waals surface area contributed by atoms with Crippen molar-refractivity contribution in [2.45, 2.75) is 31.8 Å². The molecule has 0 amide bonds. The molecule has 0 spiro atoms. The number of aliphatic carboxylic acids is 1. The van der Waals surface area contributed by atoms with Gasteiger partial charge in [0.25, 0.3) is 0 Å². The Morgan fingerprint density at radius 3 is 2.45 bits per heavy atom. The molecular formula is C27H27FO5. The van der Waals surface area contributed by atoms with Crippen LogP contribution in [0.25, 0.3) is 11.1 Å². The Balaban J connectivity index is 1.97. The molecule has 0 fully saturated rings. The third kappa shape index (κ3) is 5.29. The molecule has 3 rings (SSSR count). The molecule has 5 nitrogen and oxygen atoms in total. The zero-order chi connectivity index (χ0) is 24.2. The molecule has 0 radical (unpaired) electrons. The first-order valence-electron chi connectivity index (χ1n) is 10.6. The van der Waals surface area contributed by atoms with Crippen LogP contribution in [0.15, 0.2) is 84.2 Å². The molecule has 1 aliphatic rings. The van der Waals surface area contributed by atoms with E-state index in [9.17, 15) is 24.2 Å². The van der Waals surface area contributed by atoms with Crippen LogP contribution in [0.3, 0.4) is 0 Å².